The molecule has 0 aliphatic heterocycles. The molecular formula is C16H24ClN3O3S. The Kier molecular flexibility index (Phi) is 6.74. The maximum atomic E-state index is 12.0. The summed E-state index contributed by atoms with van der Waals surface area (Å²) in [5, 5.41) is 6.13. The first-order chi connectivity index (χ1) is 11.4. The smallest absolute Gasteiger partial charge is 0.315 e. The van der Waals surface area contributed by atoms with Crippen molar-refractivity contribution in [3.8, 4) is 0 Å². The summed E-state index contributed by atoms with van der Waals surface area (Å²) in [5.74, 6) is 0. The number of rotatable bonds is 6. The third-order valence-corrected chi connectivity index (χ3v) is 5.47. The maximum Gasteiger partial charge on any atom is 0.315 e. The van der Waals surface area contributed by atoms with Crippen LogP contribution in [0, 0.1) is 0 Å². The molecule has 0 saturated heterocycles. The number of benzene rings is 1. The summed E-state index contributed by atoms with van der Waals surface area (Å²) in [6.07, 6.45) is 6.65. The van der Waals surface area contributed by atoms with Crippen LogP contribution in [-0.2, 0) is 10.0 Å². The Balaban J connectivity index is 1.88. The molecule has 2 amide bonds. The maximum absolute atomic E-state index is 12.0. The van der Waals surface area contributed by atoms with Crippen LogP contribution in [-0.4, -0.2) is 39.8 Å². The van der Waals surface area contributed by atoms with Gasteiger partial charge in [0.05, 0.1) is 18.5 Å². The van der Waals surface area contributed by atoms with Gasteiger partial charge in [0.25, 0.3) is 0 Å². The Bertz CT molecular complexity index is 660. The molecule has 0 radical (unpaired) electrons. The minimum absolute atomic E-state index is 0.150. The van der Waals surface area contributed by atoms with Crippen molar-refractivity contribution < 1.29 is 13.2 Å². The number of carbonyl (C=O) groups excluding carboxylic acids is 1. The quantitative estimate of drug-likeness (QED) is 0.804. The minimum atomic E-state index is -3.46. The number of sulfonamides is 1. The zero-order valence-electron chi connectivity index (χ0n) is 13.8. The highest BCUT2D eigenvalue weighted by atomic mass is 35.5. The van der Waals surface area contributed by atoms with E-state index >= 15 is 0 Å². The highest BCUT2D eigenvalue weighted by molar-refractivity contribution is 7.92. The summed E-state index contributed by atoms with van der Waals surface area (Å²) in [6.45, 7) is 0.370. The standard InChI is InChI=1S/C16H24ClN3O3S/c1-24(22,23)20(15-9-5-6-13(17)12-15)11-10-18-16(21)19-14-7-3-2-4-8-14/h5-6,9,12,14H,2-4,7-8,10-11H2,1H3,(H2,18,19,21). The lowest BCUT2D eigenvalue weighted by atomic mass is 9.96. The normalized spacial score (nSPS) is 15.8. The largest absolute Gasteiger partial charge is 0.336 e. The highest BCUT2D eigenvalue weighted by Crippen LogP contribution is 2.21. The number of halogens is 1. The fraction of sp³-hybridized carbons (Fsp3) is 0.562. The predicted molar refractivity (Wildman–Crippen MR) is 97.0 cm³/mol. The Hall–Kier alpha value is -1.47. The first-order valence-corrected chi connectivity index (χ1v) is 10.4. The number of urea groups is 1. The van der Waals surface area contributed by atoms with Gasteiger partial charge in [0, 0.05) is 17.6 Å². The molecule has 6 nitrogen and oxygen atoms in total. The van der Waals surface area contributed by atoms with Crippen molar-refractivity contribution >= 4 is 33.3 Å². The van der Waals surface area contributed by atoms with Gasteiger partial charge in [-0.3, -0.25) is 4.31 Å². The molecule has 8 heteroatoms. The van der Waals surface area contributed by atoms with Crippen LogP contribution >= 0.6 is 11.6 Å². The van der Waals surface area contributed by atoms with Crippen LogP contribution in [0.15, 0.2) is 24.3 Å². The number of nitrogens with one attached hydrogen (secondary N) is 2. The van der Waals surface area contributed by atoms with E-state index in [0.717, 1.165) is 31.9 Å². The summed E-state index contributed by atoms with van der Waals surface area (Å²) in [6, 6.07) is 6.61. The average Bonchev–Trinajstić information content (AvgIpc) is 2.51. The molecule has 1 aliphatic carbocycles. The summed E-state index contributed by atoms with van der Waals surface area (Å²) < 4.78 is 25.2. The average molecular weight is 374 g/mol. The number of hydrogen-bond acceptors (Lipinski definition) is 3. The van der Waals surface area contributed by atoms with Crippen LogP contribution in [0.1, 0.15) is 32.1 Å². The molecule has 2 N–H and O–H groups in total. The molecule has 1 saturated carbocycles. The second-order valence-corrected chi connectivity index (χ2v) is 8.39. The summed E-state index contributed by atoms with van der Waals surface area (Å²) in [5.41, 5.74) is 0.486. The Labute approximate surface area is 148 Å². The zero-order valence-corrected chi connectivity index (χ0v) is 15.4. The summed E-state index contributed by atoms with van der Waals surface area (Å²) in [7, 11) is -3.46. The fourth-order valence-electron chi connectivity index (χ4n) is 2.87. The van der Waals surface area contributed by atoms with Crippen molar-refractivity contribution in [2.75, 3.05) is 23.7 Å². The van der Waals surface area contributed by atoms with E-state index in [0.29, 0.717) is 10.7 Å². The molecule has 0 aromatic heterocycles. The van der Waals surface area contributed by atoms with Crippen LogP contribution < -0.4 is 14.9 Å². The second kappa shape index (κ2) is 8.58. The monoisotopic (exact) mass is 373 g/mol. The van der Waals surface area contributed by atoms with E-state index in [1.807, 2.05) is 0 Å². The third-order valence-electron chi connectivity index (χ3n) is 4.04. The molecule has 1 aliphatic rings. The van der Waals surface area contributed by atoms with E-state index in [1.54, 1.807) is 24.3 Å². The van der Waals surface area contributed by atoms with Gasteiger partial charge in [0.1, 0.15) is 0 Å². The van der Waals surface area contributed by atoms with Crippen LogP contribution in [0.2, 0.25) is 5.02 Å². The van der Waals surface area contributed by atoms with E-state index in [1.165, 1.54) is 10.7 Å². The van der Waals surface area contributed by atoms with E-state index in [9.17, 15) is 13.2 Å². The van der Waals surface area contributed by atoms with Crippen LogP contribution in [0.25, 0.3) is 0 Å². The van der Waals surface area contributed by atoms with Crippen molar-refractivity contribution in [2.45, 2.75) is 38.1 Å². The van der Waals surface area contributed by atoms with Gasteiger partial charge in [0.15, 0.2) is 0 Å². The zero-order chi connectivity index (χ0) is 17.6. The fourth-order valence-corrected chi connectivity index (χ4v) is 3.98. The molecule has 1 fully saturated rings. The lowest BCUT2D eigenvalue weighted by Gasteiger charge is -2.24. The lowest BCUT2D eigenvalue weighted by molar-refractivity contribution is 0.233. The van der Waals surface area contributed by atoms with Crippen molar-refractivity contribution in [1.82, 2.24) is 10.6 Å². The second-order valence-electron chi connectivity index (χ2n) is 6.05. The molecule has 0 atom stereocenters. The van der Waals surface area contributed by atoms with Gasteiger partial charge in [0.2, 0.25) is 10.0 Å². The number of amides is 2. The van der Waals surface area contributed by atoms with Crippen molar-refractivity contribution in [3.05, 3.63) is 29.3 Å². The van der Waals surface area contributed by atoms with Crippen molar-refractivity contribution in [3.63, 3.8) is 0 Å². The van der Waals surface area contributed by atoms with Crippen LogP contribution in [0.3, 0.4) is 0 Å². The van der Waals surface area contributed by atoms with E-state index in [4.69, 9.17) is 11.6 Å². The first-order valence-electron chi connectivity index (χ1n) is 8.14. The first kappa shape index (κ1) is 18.9. The van der Waals surface area contributed by atoms with Crippen LogP contribution in [0.4, 0.5) is 10.5 Å². The topological polar surface area (TPSA) is 78.5 Å². The third kappa shape index (κ3) is 5.87. The summed E-state index contributed by atoms with van der Waals surface area (Å²) >= 11 is 5.93. The van der Waals surface area contributed by atoms with E-state index in [2.05, 4.69) is 10.6 Å². The number of hydrogen-bond donors (Lipinski definition) is 2. The number of anilines is 1. The Morgan fingerprint density at radius 3 is 2.62 bits per heavy atom. The Morgan fingerprint density at radius 1 is 1.29 bits per heavy atom. The molecule has 24 heavy (non-hydrogen) atoms. The molecule has 2 rings (SSSR count). The molecule has 0 bridgehead atoms. The lowest BCUT2D eigenvalue weighted by Crippen LogP contribution is -2.45. The highest BCUT2D eigenvalue weighted by Gasteiger charge is 2.19. The predicted octanol–water partition coefficient (Wildman–Crippen LogP) is 2.74. The molecular weight excluding hydrogens is 350 g/mol. The van der Waals surface area contributed by atoms with Gasteiger partial charge in [-0.2, -0.15) is 0 Å². The Morgan fingerprint density at radius 2 is 2.00 bits per heavy atom. The molecule has 0 unspecified atom stereocenters. The molecule has 1 aromatic rings. The minimum Gasteiger partial charge on any atom is -0.336 e. The van der Waals surface area contributed by atoms with Gasteiger partial charge >= 0.3 is 6.03 Å². The van der Waals surface area contributed by atoms with E-state index < -0.39 is 10.0 Å². The molecule has 0 heterocycles. The number of nitrogens with zero attached hydrogens (tertiary/aromatic N) is 1. The van der Waals surface area contributed by atoms with Gasteiger partial charge < -0.3 is 10.6 Å². The molecule has 1 aromatic carbocycles. The van der Waals surface area contributed by atoms with E-state index in [-0.39, 0.29) is 25.2 Å². The van der Waals surface area contributed by atoms with Gasteiger partial charge in [-0.05, 0) is 31.0 Å². The van der Waals surface area contributed by atoms with Gasteiger partial charge in [-0.15, -0.1) is 0 Å². The van der Waals surface area contributed by atoms with Crippen molar-refractivity contribution in [1.29, 1.82) is 0 Å². The van der Waals surface area contributed by atoms with Crippen LogP contribution in [0.5, 0.6) is 0 Å². The van der Waals surface area contributed by atoms with Gasteiger partial charge in [-0.1, -0.05) is 36.9 Å². The summed E-state index contributed by atoms with van der Waals surface area (Å²) in [4.78, 5) is 11.9. The molecule has 0 spiro atoms. The van der Waals surface area contributed by atoms with Gasteiger partial charge in [-0.25, -0.2) is 13.2 Å². The SMILES string of the molecule is CS(=O)(=O)N(CCNC(=O)NC1CCCCC1)c1cccc(Cl)c1. The van der Waals surface area contributed by atoms with Crippen molar-refractivity contribution in [2.24, 2.45) is 0 Å². The number of carbonyl (C=O) groups is 1. The molecule has 134 valence electrons.